The number of nitrogens with zero attached hydrogens (tertiary/aromatic N) is 2. The molecule has 1 aliphatic rings. The van der Waals surface area contributed by atoms with Gasteiger partial charge in [0, 0.05) is 15.6 Å². The van der Waals surface area contributed by atoms with Gasteiger partial charge in [-0.2, -0.15) is 5.10 Å². The van der Waals surface area contributed by atoms with Crippen molar-refractivity contribution in [3.05, 3.63) is 57.1 Å². The lowest BCUT2D eigenvalue weighted by Crippen LogP contribution is -2.12. The van der Waals surface area contributed by atoms with Gasteiger partial charge in [-0.3, -0.25) is 9.48 Å². The highest BCUT2D eigenvalue weighted by Crippen LogP contribution is 2.35. The van der Waals surface area contributed by atoms with Gasteiger partial charge in [0.05, 0.1) is 32.0 Å². The number of hydrogen-bond acceptors (Lipinski definition) is 3. The van der Waals surface area contributed by atoms with Crippen molar-refractivity contribution in [2.24, 2.45) is 0 Å². The monoisotopic (exact) mass is 382 g/mol. The summed E-state index contributed by atoms with van der Waals surface area (Å²) in [5.41, 5.74) is 3.08. The van der Waals surface area contributed by atoms with E-state index < -0.39 is 11.8 Å². The summed E-state index contributed by atoms with van der Waals surface area (Å²) in [6.45, 7) is 0.403. The van der Waals surface area contributed by atoms with Gasteiger partial charge in [-0.1, -0.05) is 29.3 Å². The lowest BCUT2D eigenvalue weighted by molar-refractivity contribution is -0.140. The number of esters is 1. The lowest BCUT2D eigenvalue weighted by Gasteiger charge is -2.19. The normalized spacial score (nSPS) is 15.7. The molecule has 1 aromatic heterocycles. The second kappa shape index (κ2) is 7.58. The van der Waals surface area contributed by atoms with Crippen molar-refractivity contribution < 1.29 is 13.9 Å². The van der Waals surface area contributed by atoms with Crippen LogP contribution in [0.1, 0.15) is 36.1 Å². The lowest BCUT2D eigenvalue weighted by atomic mass is 9.91. The molecule has 0 amide bonds. The van der Waals surface area contributed by atoms with Crippen molar-refractivity contribution in [2.75, 3.05) is 7.11 Å². The van der Waals surface area contributed by atoms with E-state index in [1.165, 1.54) is 7.11 Å². The van der Waals surface area contributed by atoms with Gasteiger partial charge in [0.1, 0.15) is 5.83 Å². The third-order valence-electron chi connectivity index (χ3n) is 4.26. The van der Waals surface area contributed by atoms with E-state index in [2.05, 4.69) is 9.84 Å². The van der Waals surface area contributed by atoms with Crippen LogP contribution in [0.2, 0.25) is 10.0 Å². The zero-order chi connectivity index (χ0) is 18.0. The Labute approximate surface area is 155 Å². The number of halogens is 3. The van der Waals surface area contributed by atoms with Crippen molar-refractivity contribution in [3.8, 4) is 0 Å². The van der Waals surface area contributed by atoms with Crippen LogP contribution in [0.25, 0.3) is 5.57 Å². The smallest absolute Gasteiger partial charge is 0.312 e. The molecule has 7 heteroatoms. The first-order valence-corrected chi connectivity index (χ1v) is 8.68. The molecule has 0 unspecified atom stereocenters. The molecular formula is C18H17Cl2FN2O2. The van der Waals surface area contributed by atoms with E-state index in [-0.39, 0.29) is 6.42 Å². The quantitative estimate of drug-likeness (QED) is 0.712. The first-order valence-electron chi connectivity index (χ1n) is 7.93. The van der Waals surface area contributed by atoms with Crippen LogP contribution in [0.3, 0.4) is 0 Å². The van der Waals surface area contributed by atoms with Crippen LogP contribution in [0, 0.1) is 0 Å². The Bertz CT molecular complexity index is 846. The maximum atomic E-state index is 14.6. The van der Waals surface area contributed by atoms with Gasteiger partial charge >= 0.3 is 5.97 Å². The van der Waals surface area contributed by atoms with Gasteiger partial charge in [0.25, 0.3) is 0 Å². The molecule has 0 bridgehead atoms. The Morgan fingerprint density at radius 2 is 2.16 bits per heavy atom. The first-order chi connectivity index (χ1) is 12.0. The molecule has 0 spiro atoms. The number of allylic oxidation sites excluding steroid dienone is 1. The number of aromatic nitrogens is 2. The molecule has 1 aromatic carbocycles. The van der Waals surface area contributed by atoms with Crippen LogP contribution in [-0.4, -0.2) is 22.9 Å². The predicted octanol–water partition coefficient (Wildman–Crippen LogP) is 4.82. The molecule has 132 valence electrons. The maximum Gasteiger partial charge on any atom is 0.312 e. The summed E-state index contributed by atoms with van der Waals surface area (Å²) in [7, 11) is 1.25. The Morgan fingerprint density at radius 3 is 2.88 bits per heavy atom. The fourth-order valence-corrected chi connectivity index (χ4v) is 3.50. The SMILES string of the molecule is COC(=O)C/C(F)=C1\CCCc2cnn(Cc3ccc(Cl)cc3Cl)c21. The molecule has 0 atom stereocenters. The summed E-state index contributed by atoms with van der Waals surface area (Å²) >= 11 is 12.2. The van der Waals surface area contributed by atoms with E-state index in [0.29, 0.717) is 28.6 Å². The number of fused-ring (bicyclic) bond motifs is 1. The van der Waals surface area contributed by atoms with Gasteiger partial charge < -0.3 is 4.74 Å². The second-order valence-electron chi connectivity index (χ2n) is 5.90. The van der Waals surface area contributed by atoms with E-state index in [0.717, 1.165) is 29.7 Å². The Balaban J connectivity index is 1.97. The highest BCUT2D eigenvalue weighted by molar-refractivity contribution is 6.35. The molecule has 0 N–H and O–H groups in total. The molecule has 4 nitrogen and oxygen atoms in total. The van der Waals surface area contributed by atoms with Crippen LogP contribution >= 0.6 is 23.2 Å². The topological polar surface area (TPSA) is 44.1 Å². The standard InChI is InChI=1S/C18H17Cl2FN2O2/c1-25-17(24)8-16(21)14-4-2-3-11-9-22-23(18(11)14)10-12-5-6-13(19)7-15(12)20/h5-7,9H,2-4,8,10H2,1H3/b16-14-. The predicted molar refractivity (Wildman–Crippen MR) is 95.4 cm³/mol. The van der Waals surface area contributed by atoms with Crippen LogP contribution in [0.15, 0.2) is 30.2 Å². The van der Waals surface area contributed by atoms with Crippen LogP contribution < -0.4 is 0 Å². The van der Waals surface area contributed by atoms with E-state index >= 15 is 0 Å². The Morgan fingerprint density at radius 1 is 1.36 bits per heavy atom. The van der Waals surface area contributed by atoms with Crippen molar-refractivity contribution in [1.82, 2.24) is 9.78 Å². The molecule has 0 radical (unpaired) electrons. The number of benzene rings is 1. The summed E-state index contributed by atoms with van der Waals surface area (Å²) in [6.07, 6.45) is 3.61. The zero-order valence-corrected chi connectivity index (χ0v) is 15.2. The van der Waals surface area contributed by atoms with E-state index in [9.17, 15) is 9.18 Å². The van der Waals surface area contributed by atoms with E-state index in [4.69, 9.17) is 23.2 Å². The van der Waals surface area contributed by atoms with Gasteiger partial charge in [0.15, 0.2) is 0 Å². The molecule has 0 saturated heterocycles. The molecule has 1 aliphatic carbocycles. The summed E-state index contributed by atoms with van der Waals surface area (Å²) in [5, 5.41) is 5.49. The second-order valence-corrected chi connectivity index (χ2v) is 6.75. The molecule has 3 rings (SSSR count). The number of ether oxygens (including phenoxy) is 1. The number of carbonyl (C=O) groups is 1. The summed E-state index contributed by atoms with van der Waals surface area (Å²) in [4.78, 5) is 11.4. The van der Waals surface area contributed by atoms with Gasteiger partial charge in [0.2, 0.25) is 0 Å². The minimum absolute atomic E-state index is 0.363. The molecule has 1 heterocycles. The van der Waals surface area contributed by atoms with Gasteiger partial charge in [-0.15, -0.1) is 0 Å². The summed E-state index contributed by atoms with van der Waals surface area (Å²) < 4.78 is 20.9. The fourth-order valence-electron chi connectivity index (χ4n) is 3.03. The highest BCUT2D eigenvalue weighted by atomic mass is 35.5. The van der Waals surface area contributed by atoms with E-state index in [1.54, 1.807) is 23.0 Å². The van der Waals surface area contributed by atoms with Crippen LogP contribution in [0.4, 0.5) is 4.39 Å². The average Bonchev–Trinajstić information content (AvgIpc) is 3.00. The molecule has 25 heavy (non-hydrogen) atoms. The minimum Gasteiger partial charge on any atom is -0.469 e. The van der Waals surface area contributed by atoms with Crippen LogP contribution in [-0.2, 0) is 22.5 Å². The van der Waals surface area contributed by atoms with Crippen LogP contribution in [0.5, 0.6) is 0 Å². The minimum atomic E-state index is -0.594. The number of rotatable bonds is 4. The maximum absolute atomic E-state index is 14.6. The molecular weight excluding hydrogens is 366 g/mol. The zero-order valence-electron chi connectivity index (χ0n) is 13.7. The largest absolute Gasteiger partial charge is 0.469 e. The van der Waals surface area contributed by atoms with Crippen molar-refractivity contribution in [2.45, 2.75) is 32.2 Å². The highest BCUT2D eigenvalue weighted by Gasteiger charge is 2.24. The van der Waals surface area contributed by atoms with Crippen molar-refractivity contribution >= 4 is 34.7 Å². The molecule has 0 fully saturated rings. The van der Waals surface area contributed by atoms with Gasteiger partial charge in [-0.25, -0.2) is 4.39 Å². The average molecular weight is 383 g/mol. The number of hydrogen-bond donors (Lipinski definition) is 0. The first kappa shape index (κ1) is 18.0. The van der Waals surface area contributed by atoms with E-state index in [1.807, 2.05) is 6.07 Å². The third kappa shape index (κ3) is 3.88. The molecule has 0 saturated carbocycles. The molecule has 0 aliphatic heterocycles. The van der Waals surface area contributed by atoms with Crippen molar-refractivity contribution in [1.29, 1.82) is 0 Å². The number of carbonyl (C=O) groups excluding carboxylic acids is 1. The number of aryl methyl sites for hydroxylation is 1. The summed E-state index contributed by atoms with van der Waals surface area (Å²) in [5.74, 6) is -1.05. The molecule has 2 aromatic rings. The Hall–Kier alpha value is -1.85. The number of methoxy groups -OCH3 is 1. The Kier molecular flexibility index (Phi) is 5.45. The summed E-state index contributed by atoms with van der Waals surface area (Å²) in [6, 6.07) is 5.26. The van der Waals surface area contributed by atoms with Crippen molar-refractivity contribution in [3.63, 3.8) is 0 Å². The fraction of sp³-hybridized carbons (Fsp3) is 0.333. The van der Waals surface area contributed by atoms with Gasteiger partial charge in [-0.05, 0) is 42.5 Å². The third-order valence-corrected chi connectivity index (χ3v) is 4.85.